The molecule has 0 radical (unpaired) electrons. The number of ether oxygens (including phenoxy) is 1. The predicted molar refractivity (Wildman–Crippen MR) is 97.6 cm³/mol. The molecule has 2 aromatic carbocycles. The SMILES string of the molecule is COc1ccc(/C=C2/SC(=O)N(Cc3ccccc3)C2=O)cc1[N+](=O)[O-]. The van der Waals surface area contributed by atoms with Crippen molar-refractivity contribution in [1.29, 1.82) is 0 Å². The minimum absolute atomic E-state index is 0.129. The smallest absolute Gasteiger partial charge is 0.311 e. The number of carbonyl (C=O) groups is 2. The van der Waals surface area contributed by atoms with E-state index in [1.54, 1.807) is 6.07 Å². The lowest BCUT2D eigenvalue weighted by Crippen LogP contribution is -2.27. The van der Waals surface area contributed by atoms with Crippen molar-refractivity contribution < 1.29 is 19.2 Å². The molecular formula is C18H14N2O5S. The van der Waals surface area contributed by atoms with Gasteiger partial charge in [-0.3, -0.25) is 24.6 Å². The topological polar surface area (TPSA) is 89.8 Å². The summed E-state index contributed by atoms with van der Waals surface area (Å²) in [5.74, 6) is -0.286. The first-order valence-electron chi connectivity index (χ1n) is 7.61. The molecule has 1 saturated heterocycles. The quantitative estimate of drug-likeness (QED) is 0.451. The van der Waals surface area contributed by atoms with E-state index in [1.165, 1.54) is 25.3 Å². The largest absolute Gasteiger partial charge is 0.490 e. The summed E-state index contributed by atoms with van der Waals surface area (Å²) in [6, 6.07) is 13.5. The normalized spacial score (nSPS) is 15.6. The van der Waals surface area contributed by atoms with Crippen LogP contribution in [0, 0.1) is 10.1 Å². The van der Waals surface area contributed by atoms with E-state index < -0.39 is 10.8 Å². The highest BCUT2D eigenvalue weighted by molar-refractivity contribution is 8.18. The van der Waals surface area contributed by atoms with Crippen LogP contribution in [0.3, 0.4) is 0 Å². The molecule has 132 valence electrons. The Kier molecular flexibility index (Phi) is 5.04. The van der Waals surface area contributed by atoms with Crippen molar-refractivity contribution in [2.45, 2.75) is 6.54 Å². The van der Waals surface area contributed by atoms with Gasteiger partial charge in [0.2, 0.25) is 0 Å². The van der Waals surface area contributed by atoms with Gasteiger partial charge >= 0.3 is 5.69 Å². The number of nitro groups is 1. The Bertz CT molecular complexity index is 911. The Labute approximate surface area is 153 Å². The summed E-state index contributed by atoms with van der Waals surface area (Å²) in [5.41, 5.74) is 1.09. The molecule has 0 unspecified atom stereocenters. The van der Waals surface area contributed by atoms with Crippen LogP contribution in [0.1, 0.15) is 11.1 Å². The van der Waals surface area contributed by atoms with Crippen LogP contribution in [0.25, 0.3) is 6.08 Å². The van der Waals surface area contributed by atoms with E-state index in [4.69, 9.17) is 4.74 Å². The second kappa shape index (κ2) is 7.40. The van der Waals surface area contributed by atoms with Gasteiger partial charge in [0, 0.05) is 6.07 Å². The molecule has 7 nitrogen and oxygen atoms in total. The summed E-state index contributed by atoms with van der Waals surface area (Å²) < 4.78 is 4.96. The van der Waals surface area contributed by atoms with Gasteiger partial charge in [-0.1, -0.05) is 36.4 Å². The fourth-order valence-electron chi connectivity index (χ4n) is 2.49. The molecule has 0 saturated carbocycles. The molecule has 2 aromatic rings. The van der Waals surface area contributed by atoms with Crippen LogP contribution >= 0.6 is 11.8 Å². The highest BCUT2D eigenvalue weighted by atomic mass is 32.2. The van der Waals surface area contributed by atoms with Crippen molar-refractivity contribution >= 4 is 34.7 Å². The Morgan fingerprint density at radius 1 is 1.19 bits per heavy atom. The van der Waals surface area contributed by atoms with E-state index >= 15 is 0 Å². The molecule has 0 aliphatic carbocycles. The van der Waals surface area contributed by atoms with E-state index in [0.29, 0.717) is 5.56 Å². The average molecular weight is 370 g/mol. The molecule has 0 N–H and O–H groups in total. The van der Waals surface area contributed by atoms with Crippen molar-refractivity contribution in [3.63, 3.8) is 0 Å². The van der Waals surface area contributed by atoms with Crippen molar-refractivity contribution in [2.75, 3.05) is 7.11 Å². The maximum atomic E-state index is 12.5. The van der Waals surface area contributed by atoms with Gasteiger partial charge in [-0.2, -0.15) is 0 Å². The van der Waals surface area contributed by atoms with Crippen LogP contribution in [-0.4, -0.2) is 28.1 Å². The number of hydrogen-bond donors (Lipinski definition) is 0. The number of hydrogen-bond acceptors (Lipinski definition) is 6. The lowest BCUT2D eigenvalue weighted by atomic mass is 10.1. The second-order valence-corrected chi connectivity index (χ2v) is 6.44. The van der Waals surface area contributed by atoms with E-state index in [1.807, 2.05) is 30.3 Å². The number of benzene rings is 2. The molecule has 26 heavy (non-hydrogen) atoms. The number of nitro benzene ring substituents is 1. The van der Waals surface area contributed by atoms with Gasteiger partial charge in [-0.15, -0.1) is 0 Å². The molecule has 2 amide bonds. The summed E-state index contributed by atoms with van der Waals surface area (Å²) in [6.45, 7) is 0.186. The third-order valence-electron chi connectivity index (χ3n) is 3.75. The van der Waals surface area contributed by atoms with Crippen molar-refractivity contribution in [1.82, 2.24) is 4.90 Å². The zero-order valence-corrected chi connectivity index (χ0v) is 14.6. The molecule has 1 heterocycles. The van der Waals surface area contributed by atoms with E-state index in [-0.39, 0.29) is 28.1 Å². The molecule has 1 aliphatic heterocycles. The molecule has 0 atom stereocenters. The van der Waals surface area contributed by atoms with E-state index in [9.17, 15) is 19.7 Å². The fourth-order valence-corrected chi connectivity index (χ4v) is 3.33. The van der Waals surface area contributed by atoms with Gasteiger partial charge in [-0.05, 0) is 35.0 Å². The molecule has 0 bridgehead atoms. The predicted octanol–water partition coefficient (Wildman–Crippen LogP) is 3.84. The highest BCUT2D eigenvalue weighted by Gasteiger charge is 2.35. The number of carbonyl (C=O) groups excluding carboxylic acids is 2. The summed E-state index contributed by atoms with van der Waals surface area (Å²) in [4.78, 5) is 36.6. The summed E-state index contributed by atoms with van der Waals surface area (Å²) in [6.07, 6.45) is 1.47. The molecule has 1 aliphatic rings. The summed E-state index contributed by atoms with van der Waals surface area (Å²) in [5, 5.41) is 10.7. The van der Waals surface area contributed by atoms with Crippen LogP contribution in [0.15, 0.2) is 53.4 Å². The first-order valence-corrected chi connectivity index (χ1v) is 8.43. The van der Waals surface area contributed by atoms with E-state index in [0.717, 1.165) is 22.2 Å². The first kappa shape index (κ1) is 17.7. The zero-order valence-electron chi connectivity index (χ0n) is 13.7. The van der Waals surface area contributed by atoms with Gasteiger partial charge < -0.3 is 4.74 Å². The van der Waals surface area contributed by atoms with Crippen LogP contribution in [0.5, 0.6) is 5.75 Å². The molecule has 0 aromatic heterocycles. The van der Waals surface area contributed by atoms with Crippen LogP contribution < -0.4 is 4.74 Å². The van der Waals surface area contributed by atoms with Gasteiger partial charge in [0.15, 0.2) is 5.75 Å². The van der Waals surface area contributed by atoms with Crippen molar-refractivity contribution in [3.05, 3.63) is 74.7 Å². The lowest BCUT2D eigenvalue weighted by Gasteiger charge is -2.12. The van der Waals surface area contributed by atoms with Crippen LogP contribution in [0.2, 0.25) is 0 Å². The zero-order chi connectivity index (χ0) is 18.7. The van der Waals surface area contributed by atoms with Gasteiger partial charge in [0.05, 0.1) is 23.5 Å². The minimum Gasteiger partial charge on any atom is -0.490 e. The van der Waals surface area contributed by atoms with Gasteiger partial charge in [0.25, 0.3) is 11.1 Å². The van der Waals surface area contributed by atoms with Crippen LogP contribution in [0.4, 0.5) is 10.5 Å². The Balaban J connectivity index is 1.86. The molecule has 1 fully saturated rings. The van der Waals surface area contributed by atoms with Crippen molar-refractivity contribution in [2.24, 2.45) is 0 Å². The van der Waals surface area contributed by atoms with E-state index in [2.05, 4.69) is 0 Å². The van der Waals surface area contributed by atoms with Gasteiger partial charge in [-0.25, -0.2) is 0 Å². The monoisotopic (exact) mass is 370 g/mol. The maximum Gasteiger partial charge on any atom is 0.311 e. The summed E-state index contributed by atoms with van der Waals surface area (Å²) in [7, 11) is 1.34. The third kappa shape index (κ3) is 3.60. The first-order chi connectivity index (χ1) is 12.5. The Morgan fingerprint density at radius 2 is 1.92 bits per heavy atom. The Morgan fingerprint density at radius 3 is 2.58 bits per heavy atom. The maximum absolute atomic E-state index is 12.5. The number of rotatable bonds is 5. The van der Waals surface area contributed by atoms with Crippen LogP contribution in [-0.2, 0) is 11.3 Å². The van der Waals surface area contributed by atoms with Crippen molar-refractivity contribution in [3.8, 4) is 5.75 Å². The molecule has 8 heteroatoms. The third-order valence-corrected chi connectivity index (χ3v) is 4.66. The fraction of sp³-hybridized carbons (Fsp3) is 0.111. The molecule has 3 rings (SSSR count). The average Bonchev–Trinajstić information content (AvgIpc) is 2.90. The second-order valence-electron chi connectivity index (χ2n) is 5.44. The number of imide groups is 1. The number of amides is 2. The molecular weight excluding hydrogens is 356 g/mol. The number of nitrogens with zero attached hydrogens (tertiary/aromatic N) is 2. The van der Waals surface area contributed by atoms with Gasteiger partial charge in [0.1, 0.15) is 0 Å². The molecule has 0 spiro atoms. The lowest BCUT2D eigenvalue weighted by molar-refractivity contribution is -0.385. The minimum atomic E-state index is -0.558. The number of thioether (sulfide) groups is 1. The summed E-state index contributed by atoms with van der Waals surface area (Å²) >= 11 is 0.818. The highest BCUT2D eigenvalue weighted by Crippen LogP contribution is 2.35. The standard InChI is InChI=1S/C18H14N2O5S/c1-25-15-8-7-13(9-14(15)20(23)24)10-16-17(21)19(18(22)26-16)11-12-5-3-2-4-6-12/h2-10H,11H2,1H3/b16-10+. The number of methoxy groups -OCH3 is 1. The Hall–Kier alpha value is -3.13.